The first kappa shape index (κ1) is 12.2. The van der Waals surface area contributed by atoms with Crippen LogP contribution in [0, 0.1) is 13.8 Å². The molecule has 0 aromatic heterocycles. The van der Waals surface area contributed by atoms with Gasteiger partial charge in [-0.15, -0.1) is 0 Å². The Balaban J connectivity index is 3.29. The average molecular weight is 228 g/mol. The number of nitrogens with one attached hydrogen (secondary N) is 1. The second-order valence-corrected chi connectivity index (χ2v) is 4.33. The van der Waals surface area contributed by atoms with Gasteiger partial charge in [0, 0.05) is 12.1 Å². The number of hydrogen-bond donors (Lipinski definition) is 1. The van der Waals surface area contributed by atoms with E-state index in [9.17, 15) is 0 Å². The van der Waals surface area contributed by atoms with Gasteiger partial charge in [0.15, 0.2) is 0 Å². The minimum atomic E-state index is 0.163. The molecular formula is C12H18ClNO. The predicted octanol–water partition coefficient (Wildman–Crippen LogP) is 3.79. The third-order valence-electron chi connectivity index (χ3n) is 2.27. The second-order valence-electron chi connectivity index (χ2n) is 3.92. The molecular weight excluding hydrogens is 210 g/mol. The molecule has 0 bridgehead atoms. The summed E-state index contributed by atoms with van der Waals surface area (Å²) in [6.07, 6.45) is 0.163. The topological polar surface area (TPSA) is 21.3 Å². The molecule has 0 aliphatic rings. The van der Waals surface area contributed by atoms with Crippen LogP contribution in [0.5, 0.6) is 5.75 Å². The van der Waals surface area contributed by atoms with Crippen LogP contribution in [0.3, 0.4) is 0 Å². The van der Waals surface area contributed by atoms with Crippen molar-refractivity contribution < 1.29 is 4.74 Å². The van der Waals surface area contributed by atoms with E-state index in [0.717, 1.165) is 27.6 Å². The Morgan fingerprint density at radius 3 is 2.40 bits per heavy atom. The molecule has 0 saturated carbocycles. The summed E-state index contributed by atoms with van der Waals surface area (Å²) in [5, 5.41) is 3.91. The van der Waals surface area contributed by atoms with Crippen molar-refractivity contribution in [3.05, 3.63) is 22.2 Å². The molecule has 0 aliphatic carbocycles. The van der Waals surface area contributed by atoms with Crippen LogP contribution in [0.15, 0.2) is 6.07 Å². The minimum absolute atomic E-state index is 0.163. The Kier molecular flexibility index (Phi) is 3.86. The lowest BCUT2D eigenvalue weighted by atomic mass is 10.1. The Morgan fingerprint density at radius 1 is 1.33 bits per heavy atom. The molecule has 0 unspecified atom stereocenters. The van der Waals surface area contributed by atoms with Gasteiger partial charge in [-0.3, -0.25) is 0 Å². The molecule has 2 nitrogen and oxygen atoms in total. The van der Waals surface area contributed by atoms with E-state index in [1.54, 1.807) is 0 Å². The van der Waals surface area contributed by atoms with E-state index in [1.807, 2.05) is 40.8 Å². The SMILES string of the molecule is CNc1c(C)c(Cl)cc(C)c1OC(C)C. The van der Waals surface area contributed by atoms with Crippen LogP contribution in [0.2, 0.25) is 5.02 Å². The second kappa shape index (κ2) is 4.75. The first-order valence-corrected chi connectivity index (χ1v) is 5.49. The van der Waals surface area contributed by atoms with Gasteiger partial charge in [0.05, 0.1) is 11.8 Å². The smallest absolute Gasteiger partial charge is 0.146 e. The molecule has 0 saturated heterocycles. The maximum atomic E-state index is 6.11. The van der Waals surface area contributed by atoms with Crippen molar-refractivity contribution >= 4 is 17.3 Å². The molecule has 0 atom stereocenters. The Labute approximate surface area is 96.6 Å². The van der Waals surface area contributed by atoms with Crippen LogP contribution in [-0.4, -0.2) is 13.2 Å². The zero-order chi connectivity index (χ0) is 11.6. The number of hydrogen-bond acceptors (Lipinski definition) is 2. The van der Waals surface area contributed by atoms with E-state index >= 15 is 0 Å². The fourth-order valence-corrected chi connectivity index (χ4v) is 1.80. The summed E-state index contributed by atoms with van der Waals surface area (Å²) in [4.78, 5) is 0. The molecule has 0 radical (unpaired) electrons. The summed E-state index contributed by atoms with van der Waals surface area (Å²) in [6.45, 7) is 8.02. The molecule has 0 fully saturated rings. The zero-order valence-corrected chi connectivity index (χ0v) is 10.7. The number of aryl methyl sites for hydroxylation is 1. The number of rotatable bonds is 3. The van der Waals surface area contributed by atoms with E-state index in [-0.39, 0.29) is 6.10 Å². The number of ether oxygens (including phenoxy) is 1. The van der Waals surface area contributed by atoms with Gasteiger partial charge in [-0.05, 0) is 44.9 Å². The van der Waals surface area contributed by atoms with Crippen molar-refractivity contribution in [3.8, 4) is 5.75 Å². The lowest BCUT2D eigenvalue weighted by Gasteiger charge is -2.19. The lowest BCUT2D eigenvalue weighted by molar-refractivity contribution is 0.242. The third-order valence-corrected chi connectivity index (χ3v) is 2.66. The van der Waals surface area contributed by atoms with Gasteiger partial charge >= 0.3 is 0 Å². The van der Waals surface area contributed by atoms with Crippen LogP contribution < -0.4 is 10.1 Å². The number of anilines is 1. The van der Waals surface area contributed by atoms with Gasteiger partial charge < -0.3 is 10.1 Å². The van der Waals surface area contributed by atoms with E-state index in [4.69, 9.17) is 16.3 Å². The summed E-state index contributed by atoms with van der Waals surface area (Å²) >= 11 is 6.11. The maximum absolute atomic E-state index is 6.11. The molecule has 1 rings (SSSR count). The van der Waals surface area contributed by atoms with E-state index in [2.05, 4.69) is 5.32 Å². The average Bonchev–Trinajstić information content (AvgIpc) is 2.14. The van der Waals surface area contributed by atoms with Crippen molar-refractivity contribution in [1.82, 2.24) is 0 Å². The number of halogens is 1. The van der Waals surface area contributed by atoms with Gasteiger partial charge in [0.2, 0.25) is 0 Å². The van der Waals surface area contributed by atoms with Gasteiger partial charge in [0.25, 0.3) is 0 Å². The molecule has 15 heavy (non-hydrogen) atoms. The largest absolute Gasteiger partial charge is 0.489 e. The Bertz CT molecular complexity index is 361. The lowest BCUT2D eigenvalue weighted by Crippen LogP contribution is -2.09. The fourth-order valence-electron chi connectivity index (χ4n) is 1.54. The summed E-state index contributed by atoms with van der Waals surface area (Å²) in [6, 6.07) is 1.94. The van der Waals surface area contributed by atoms with Gasteiger partial charge in [-0.25, -0.2) is 0 Å². The minimum Gasteiger partial charge on any atom is -0.489 e. The molecule has 84 valence electrons. The van der Waals surface area contributed by atoms with E-state index in [1.165, 1.54) is 0 Å². The highest BCUT2D eigenvalue weighted by atomic mass is 35.5. The number of benzene rings is 1. The van der Waals surface area contributed by atoms with Crippen molar-refractivity contribution in [2.24, 2.45) is 0 Å². The van der Waals surface area contributed by atoms with Crippen molar-refractivity contribution in [2.75, 3.05) is 12.4 Å². The zero-order valence-electron chi connectivity index (χ0n) is 9.94. The quantitative estimate of drug-likeness (QED) is 0.849. The van der Waals surface area contributed by atoms with Crippen LogP contribution >= 0.6 is 11.6 Å². The Morgan fingerprint density at radius 2 is 1.93 bits per heavy atom. The Hall–Kier alpha value is -0.890. The molecule has 1 N–H and O–H groups in total. The van der Waals surface area contributed by atoms with E-state index in [0.29, 0.717) is 0 Å². The summed E-state index contributed by atoms with van der Waals surface area (Å²) in [7, 11) is 1.88. The first-order valence-electron chi connectivity index (χ1n) is 5.11. The maximum Gasteiger partial charge on any atom is 0.146 e. The molecule has 1 aromatic carbocycles. The van der Waals surface area contributed by atoms with Crippen molar-refractivity contribution in [2.45, 2.75) is 33.8 Å². The summed E-state index contributed by atoms with van der Waals surface area (Å²) in [5.74, 6) is 0.898. The van der Waals surface area contributed by atoms with Crippen LogP contribution in [-0.2, 0) is 0 Å². The highest BCUT2D eigenvalue weighted by molar-refractivity contribution is 6.32. The monoisotopic (exact) mass is 227 g/mol. The van der Waals surface area contributed by atoms with Crippen molar-refractivity contribution in [1.29, 1.82) is 0 Å². The van der Waals surface area contributed by atoms with Gasteiger partial charge in [0.1, 0.15) is 5.75 Å². The first-order chi connectivity index (χ1) is 6.97. The van der Waals surface area contributed by atoms with Gasteiger partial charge in [-0.1, -0.05) is 11.6 Å². The standard InChI is InChI=1S/C12H18ClNO/c1-7(2)15-12-8(3)6-10(13)9(4)11(12)14-5/h6-7,14H,1-5H3. The van der Waals surface area contributed by atoms with Crippen LogP contribution in [0.1, 0.15) is 25.0 Å². The molecule has 0 amide bonds. The summed E-state index contributed by atoms with van der Waals surface area (Å²) < 4.78 is 5.78. The normalized spacial score (nSPS) is 10.6. The highest BCUT2D eigenvalue weighted by Crippen LogP contribution is 2.36. The molecule has 0 aliphatic heterocycles. The van der Waals surface area contributed by atoms with Gasteiger partial charge in [-0.2, -0.15) is 0 Å². The highest BCUT2D eigenvalue weighted by Gasteiger charge is 2.13. The molecule has 3 heteroatoms. The molecule has 0 spiro atoms. The predicted molar refractivity (Wildman–Crippen MR) is 66.2 cm³/mol. The summed E-state index contributed by atoms with van der Waals surface area (Å²) in [5.41, 5.74) is 3.07. The van der Waals surface area contributed by atoms with E-state index < -0.39 is 0 Å². The molecule has 1 aromatic rings. The third kappa shape index (κ3) is 2.57. The fraction of sp³-hybridized carbons (Fsp3) is 0.500. The van der Waals surface area contributed by atoms with Crippen molar-refractivity contribution in [3.63, 3.8) is 0 Å². The molecule has 0 heterocycles. The van der Waals surface area contributed by atoms with Crippen LogP contribution in [0.4, 0.5) is 5.69 Å². The van der Waals surface area contributed by atoms with Crippen LogP contribution in [0.25, 0.3) is 0 Å².